The number of nitrogens with zero attached hydrogens (tertiary/aromatic N) is 1. The SMILES string of the molecule is CO[C@@H]1CN2OC(=O)C(=O)O[C@@]12C. The molecular formula is C7H9NO5. The van der Waals surface area contributed by atoms with Crippen LogP contribution in [0.1, 0.15) is 6.92 Å². The largest absolute Gasteiger partial charge is 0.436 e. The van der Waals surface area contributed by atoms with Crippen molar-refractivity contribution < 1.29 is 23.9 Å². The lowest BCUT2D eigenvalue weighted by atomic mass is 9.99. The zero-order valence-electron chi connectivity index (χ0n) is 7.27. The van der Waals surface area contributed by atoms with Gasteiger partial charge in [-0.15, -0.1) is 0 Å². The molecule has 0 aromatic heterocycles. The van der Waals surface area contributed by atoms with Gasteiger partial charge in [0.25, 0.3) is 0 Å². The van der Waals surface area contributed by atoms with Crippen LogP contribution in [0.4, 0.5) is 0 Å². The van der Waals surface area contributed by atoms with E-state index in [4.69, 9.17) is 9.47 Å². The van der Waals surface area contributed by atoms with E-state index in [1.807, 2.05) is 0 Å². The average molecular weight is 187 g/mol. The third-order valence-corrected chi connectivity index (χ3v) is 2.37. The lowest BCUT2D eigenvalue weighted by Crippen LogP contribution is -2.74. The zero-order valence-corrected chi connectivity index (χ0v) is 7.27. The number of carbonyl (C=O) groups excluding carboxylic acids is 2. The standard InChI is InChI=1S/C7H9NO5/c1-7-4(11-2)3-8(7)13-6(10)5(9)12-7/h4H,3H2,1-2H3/t4-,7+/m1/s1. The van der Waals surface area contributed by atoms with E-state index in [2.05, 4.69) is 4.84 Å². The molecule has 13 heavy (non-hydrogen) atoms. The van der Waals surface area contributed by atoms with Crippen LogP contribution in [0.25, 0.3) is 0 Å². The Balaban J connectivity index is 2.16. The van der Waals surface area contributed by atoms with E-state index in [0.717, 1.165) is 0 Å². The zero-order chi connectivity index (χ0) is 9.64. The van der Waals surface area contributed by atoms with Crippen LogP contribution >= 0.6 is 0 Å². The maximum absolute atomic E-state index is 10.9. The molecule has 0 N–H and O–H groups in total. The first-order valence-electron chi connectivity index (χ1n) is 3.83. The Morgan fingerprint density at radius 3 is 2.85 bits per heavy atom. The van der Waals surface area contributed by atoms with Crippen LogP contribution in [0.5, 0.6) is 0 Å². The summed E-state index contributed by atoms with van der Waals surface area (Å²) >= 11 is 0. The second-order valence-electron chi connectivity index (χ2n) is 3.11. The molecule has 6 nitrogen and oxygen atoms in total. The highest BCUT2D eigenvalue weighted by Gasteiger charge is 2.60. The Kier molecular flexibility index (Phi) is 1.58. The Bertz CT molecular complexity index is 278. The van der Waals surface area contributed by atoms with E-state index in [0.29, 0.717) is 6.54 Å². The van der Waals surface area contributed by atoms with Crippen molar-refractivity contribution in [3.05, 3.63) is 0 Å². The lowest BCUT2D eigenvalue weighted by Gasteiger charge is -2.53. The number of hydrogen-bond acceptors (Lipinski definition) is 6. The predicted molar refractivity (Wildman–Crippen MR) is 38.1 cm³/mol. The minimum Gasteiger partial charge on any atom is -0.430 e. The highest BCUT2D eigenvalue weighted by atomic mass is 16.8. The van der Waals surface area contributed by atoms with Gasteiger partial charge in [0, 0.05) is 7.11 Å². The second-order valence-corrected chi connectivity index (χ2v) is 3.11. The van der Waals surface area contributed by atoms with Crippen LogP contribution in [-0.2, 0) is 23.9 Å². The van der Waals surface area contributed by atoms with Gasteiger partial charge in [-0.3, -0.25) is 0 Å². The van der Waals surface area contributed by atoms with Crippen molar-refractivity contribution in [2.75, 3.05) is 13.7 Å². The van der Waals surface area contributed by atoms with Crippen LogP contribution in [0, 0.1) is 0 Å². The van der Waals surface area contributed by atoms with Gasteiger partial charge in [0.2, 0.25) is 5.72 Å². The monoisotopic (exact) mass is 187 g/mol. The average Bonchev–Trinajstić information content (AvgIpc) is 2.08. The number of hydroxylamine groups is 2. The fourth-order valence-corrected chi connectivity index (χ4v) is 1.45. The first-order chi connectivity index (χ1) is 6.08. The van der Waals surface area contributed by atoms with Gasteiger partial charge in [0.05, 0.1) is 6.54 Å². The molecule has 72 valence electrons. The van der Waals surface area contributed by atoms with E-state index in [1.54, 1.807) is 6.92 Å². The van der Waals surface area contributed by atoms with Gasteiger partial charge >= 0.3 is 11.9 Å². The van der Waals surface area contributed by atoms with Crippen LogP contribution < -0.4 is 0 Å². The van der Waals surface area contributed by atoms with Gasteiger partial charge in [-0.25, -0.2) is 9.59 Å². The van der Waals surface area contributed by atoms with Gasteiger partial charge in [0.15, 0.2) is 0 Å². The number of rotatable bonds is 1. The number of hydrogen-bond donors (Lipinski definition) is 0. The highest BCUT2D eigenvalue weighted by Crippen LogP contribution is 2.36. The minimum atomic E-state index is -0.980. The first-order valence-corrected chi connectivity index (χ1v) is 3.83. The second kappa shape index (κ2) is 2.43. The Hall–Kier alpha value is -1.14. The molecule has 2 aliphatic heterocycles. The van der Waals surface area contributed by atoms with Crippen LogP contribution in [0.15, 0.2) is 0 Å². The molecule has 0 amide bonds. The van der Waals surface area contributed by atoms with Crippen molar-refractivity contribution in [3.63, 3.8) is 0 Å². The summed E-state index contributed by atoms with van der Waals surface area (Å²) in [6, 6.07) is 0. The summed E-state index contributed by atoms with van der Waals surface area (Å²) in [5.74, 6) is -1.95. The van der Waals surface area contributed by atoms with Gasteiger partial charge < -0.3 is 14.3 Å². The smallest absolute Gasteiger partial charge is 0.430 e. The summed E-state index contributed by atoms with van der Waals surface area (Å²) in [7, 11) is 1.51. The maximum atomic E-state index is 10.9. The van der Waals surface area contributed by atoms with Crippen LogP contribution in [-0.4, -0.2) is 42.5 Å². The molecule has 0 radical (unpaired) electrons. The topological polar surface area (TPSA) is 65.1 Å². The maximum Gasteiger partial charge on any atom is 0.436 e. The van der Waals surface area contributed by atoms with Crippen molar-refractivity contribution in [1.29, 1.82) is 0 Å². The Morgan fingerprint density at radius 1 is 1.54 bits per heavy atom. The molecule has 0 aromatic carbocycles. The lowest BCUT2D eigenvalue weighted by molar-refractivity contribution is -0.384. The molecule has 2 aliphatic rings. The molecular weight excluding hydrogens is 178 g/mol. The Morgan fingerprint density at radius 2 is 2.23 bits per heavy atom. The number of methoxy groups -OCH3 is 1. The van der Waals surface area contributed by atoms with Gasteiger partial charge in [0.1, 0.15) is 6.10 Å². The number of carbonyl (C=O) groups is 2. The van der Waals surface area contributed by atoms with Gasteiger partial charge in [-0.05, 0) is 6.92 Å². The van der Waals surface area contributed by atoms with Crippen molar-refractivity contribution in [2.24, 2.45) is 0 Å². The van der Waals surface area contributed by atoms with E-state index < -0.39 is 17.7 Å². The molecule has 0 unspecified atom stereocenters. The van der Waals surface area contributed by atoms with Crippen molar-refractivity contribution in [2.45, 2.75) is 18.8 Å². The molecule has 2 heterocycles. The summed E-state index contributed by atoms with van der Waals surface area (Å²) in [6.07, 6.45) is -0.246. The number of esters is 1. The molecule has 6 heteroatoms. The third kappa shape index (κ3) is 0.956. The van der Waals surface area contributed by atoms with Crippen LogP contribution in [0.3, 0.4) is 0 Å². The van der Waals surface area contributed by atoms with E-state index in [-0.39, 0.29) is 6.10 Å². The molecule has 2 rings (SSSR count). The molecule has 0 aromatic rings. The van der Waals surface area contributed by atoms with Gasteiger partial charge in [-0.2, -0.15) is 0 Å². The van der Waals surface area contributed by atoms with Gasteiger partial charge in [-0.1, -0.05) is 5.06 Å². The molecule has 0 bridgehead atoms. The third-order valence-electron chi connectivity index (χ3n) is 2.37. The number of ether oxygens (including phenoxy) is 2. The van der Waals surface area contributed by atoms with Crippen molar-refractivity contribution in [1.82, 2.24) is 5.06 Å². The minimum absolute atomic E-state index is 0.246. The highest BCUT2D eigenvalue weighted by molar-refractivity contribution is 6.30. The molecule has 0 spiro atoms. The molecule has 2 saturated heterocycles. The first kappa shape index (κ1) is 8.46. The fourth-order valence-electron chi connectivity index (χ4n) is 1.45. The summed E-state index contributed by atoms with van der Waals surface area (Å²) in [4.78, 5) is 26.3. The quantitative estimate of drug-likeness (QED) is 0.389. The van der Waals surface area contributed by atoms with Crippen LogP contribution in [0.2, 0.25) is 0 Å². The van der Waals surface area contributed by atoms with E-state index in [9.17, 15) is 9.59 Å². The van der Waals surface area contributed by atoms with E-state index >= 15 is 0 Å². The summed E-state index contributed by atoms with van der Waals surface area (Å²) < 4.78 is 9.91. The molecule has 2 fully saturated rings. The molecule has 0 aliphatic carbocycles. The van der Waals surface area contributed by atoms with Crippen molar-refractivity contribution >= 4 is 11.9 Å². The Labute approximate surface area is 74.3 Å². The summed E-state index contributed by atoms with van der Waals surface area (Å²) in [5, 5.41) is 1.30. The molecule has 0 saturated carbocycles. The van der Waals surface area contributed by atoms with Crippen molar-refractivity contribution in [3.8, 4) is 0 Å². The summed E-state index contributed by atoms with van der Waals surface area (Å²) in [6.45, 7) is 2.06. The number of fused-ring (bicyclic) bond motifs is 1. The molecule has 2 atom stereocenters. The predicted octanol–water partition coefficient (Wildman–Crippen LogP) is -0.952. The summed E-state index contributed by atoms with van der Waals surface area (Å²) in [5.41, 5.74) is -0.945. The van der Waals surface area contributed by atoms with E-state index in [1.165, 1.54) is 12.2 Å². The normalized spacial score (nSPS) is 38.8. The fraction of sp³-hybridized carbons (Fsp3) is 0.714.